The summed E-state index contributed by atoms with van der Waals surface area (Å²) >= 11 is 0. The molecular weight excluding hydrogens is 330 g/mol. The predicted octanol–water partition coefficient (Wildman–Crippen LogP) is 1.13. The zero-order valence-electron chi connectivity index (χ0n) is 13.1. The van der Waals surface area contributed by atoms with Gasteiger partial charge in [0.05, 0.1) is 15.8 Å². The Morgan fingerprint density at radius 1 is 1.21 bits per heavy atom. The van der Waals surface area contributed by atoms with Crippen LogP contribution in [0.4, 0.5) is 0 Å². The molecule has 0 fully saturated rings. The number of rotatable bonds is 1. The molecule has 1 N–H and O–H groups in total. The number of aryl methyl sites for hydroxylation is 1. The van der Waals surface area contributed by atoms with Gasteiger partial charge in [0.2, 0.25) is 0 Å². The van der Waals surface area contributed by atoms with E-state index in [2.05, 4.69) is 4.98 Å². The lowest BCUT2D eigenvalue weighted by Gasteiger charge is -2.26. The monoisotopic (exact) mass is 347 g/mol. The maximum Gasteiger partial charge on any atom is 0.281 e. The number of benzene rings is 1. The van der Waals surface area contributed by atoms with Crippen molar-refractivity contribution in [2.24, 2.45) is 0 Å². The van der Waals surface area contributed by atoms with Gasteiger partial charge in [0.25, 0.3) is 15.6 Å². The van der Waals surface area contributed by atoms with Crippen LogP contribution in [0, 0.1) is 6.92 Å². The molecule has 2 aromatic rings. The Morgan fingerprint density at radius 2 is 1.92 bits per heavy atom. The number of aliphatic hydroxyl groups is 1. The van der Waals surface area contributed by atoms with Gasteiger partial charge in [0.15, 0.2) is 6.23 Å². The molecule has 126 valence electrons. The third kappa shape index (κ3) is 1.96. The van der Waals surface area contributed by atoms with Crippen molar-refractivity contribution in [1.29, 1.82) is 0 Å². The first-order valence-corrected chi connectivity index (χ1v) is 9.30. The van der Waals surface area contributed by atoms with E-state index in [1.807, 2.05) is 0 Å². The number of hydrogen-bond donors (Lipinski definition) is 1. The molecule has 1 aromatic heterocycles. The summed E-state index contributed by atoms with van der Waals surface area (Å²) in [6.07, 6.45) is 1.19. The van der Waals surface area contributed by atoms with Crippen LogP contribution in [0.15, 0.2) is 39.5 Å². The first kappa shape index (κ1) is 15.3. The number of nitrogens with zero attached hydrogens (tertiary/aromatic N) is 3. The minimum Gasteiger partial charge on any atom is -0.367 e. The summed E-state index contributed by atoms with van der Waals surface area (Å²) in [6.45, 7) is 1.56. The van der Waals surface area contributed by atoms with Gasteiger partial charge in [-0.25, -0.2) is 4.98 Å². The zero-order valence-corrected chi connectivity index (χ0v) is 14.0. The number of fused-ring (bicyclic) bond motifs is 1. The molecule has 1 atom stereocenters. The van der Waals surface area contributed by atoms with E-state index in [1.165, 1.54) is 0 Å². The van der Waals surface area contributed by atoms with E-state index in [0.717, 1.165) is 21.9 Å². The van der Waals surface area contributed by atoms with E-state index in [4.69, 9.17) is 0 Å². The van der Waals surface area contributed by atoms with Crippen LogP contribution in [0.2, 0.25) is 0 Å². The Kier molecular flexibility index (Phi) is 3.29. The van der Waals surface area contributed by atoms with Crippen LogP contribution in [-0.4, -0.2) is 29.4 Å². The SMILES string of the molecule is Cc1nc2ccccc2c(=O)n1N1C(O)C2=C(CCCC2)S1(=O)=O. The molecule has 0 saturated carbocycles. The highest BCUT2D eigenvalue weighted by Gasteiger charge is 2.46. The van der Waals surface area contributed by atoms with Crippen LogP contribution < -0.4 is 9.97 Å². The fraction of sp³-hybridized carbons (Fsp3) is 0.375. The Labute approximate surface area is 138 Å². The quantitative estimate of drug-likeness (QED) is 0.835. The normalized spacial score (nSPS) is 22.9. The van der Waals surface area contributed by atoms with Gasteiger partial charge in [-0.05, 0) is 50.3 Å². The van der Waals surface area contributed by atoms with Crippen molar-refractivity contribution in [2.45, 2.75) is 38.8 Å². The molecule has 8 heteroatoms. The molecule has 2 aliphatic rings. The number of aliphatic hydroxyl groups excluding tert-OH is 1. The number of hydrogen-bond acceptors (Lipinski definition) is 5. The molecule has 1 aliphatic carbocycles. The minimum atomic E-state index is -3.92. The standard InChI is InChI=1S/C16H17N3O4S/c1-10-17-13-8-4-2-6-11(13)15(20)18(10)19-16(21)12-7-3-5-9-14(12)24(19,22)23/h2,4,6,8,16,21H,3,5,7,9H2,1H3. The van der Waals surface area contributed by atoms with Crippen molar-refractivity contribution in [1.82, 2.24) is 9.66 Å². The fourth-order valence-corrected chi connectivity index (χ4v) is 5.49. The average molecular weight is 347 g/mol. The Morgan fingerprint density at radius 3 is 2.67 bits per heavy atom. The topological polar surface area (TPSA) is 92.5 Å². The summed E-state index contributed by atoms with van der Waals surface area (Å²) in [7, 11) is -3.92. The molecule has 1 aliphatic heterocycles. The Hall–Kier alpha value is -2.19. The van der Waals surface area contributed by atoms with Gasteiger partial charge in [-0.1, -0.05) is 12.1 Å². The molecule has 0 spiro atoms. The predicted molar refractivity (Wildman–Crippen MR) is 89.4 cm³/mol. The number of sulfonamides is 1. The summed E-state index contributed by atoms with van der Waals surface area (Å²) in [5.41, 5.74) is 0.501. The average Bonchev–Trinajstić information content (AvgIpc) is 2.76. The molecule has 0 radical (unpaired) electrons. The van der Waals surface area contributed by atoms with Crippen LogP contribution in [-0.2, 0) is 10.0 Å². The van der Waals surface area contributed by atoms with Gasteiger partial charge in [0.1, 0.15) is 5.82 Å². The van der Waals surface area contributed by atoms with Crippen molar-refractivity contribution in [3.63, 3.8) is 0 Å². The summed E-state index contributed by atoms with van der Waals surface area (Å²) in [6, 6.07) is 6.76. The van der Waals surface area contributed by atoms with Crippen LogP contribution in [0.5, 0.6) is 0 Å². The minimum absolute atomic E-state index is 0.223. The maximum absolute atomic E-state index is 12.9. The molecule has 2 heterocycles. The Balaban J connectivity index is 1.98. The Bertz CT molecular complexity index is 1040. The van der Waals surface area contributed by atoms with Crippen molar-refractivity contribution >= 4 is 20.9 Å². The fourth-order valence-electron chi connectivity index (χ4n) is 3.53. The largest absolute Gasteiger partial charge is 0.367 e. The van der Waals surface area contributed by atoms with Gasteiger partial charge in [-0.3, -0.25) is 4.79 Å². The second-order valence-electron chi connectivity index (χ2n) is 6.10. The van der Waals surface area contributed by atoms with Crippen LogP contribution in [0.3, 0.4) is 0 Å². The van der Waals surface area contributed by atoms with Crippen molar-refractivity contribution < 1.29 is 13.5 Å². The van der Waals surface area contributed by atoms with Crippen LogP contribution in [0.25, 0.3) is 10.9 Å². The molecule has 0 bridgehead atoms. The van der Waals surface area contributed by atoms with Crippen molar-refractivity contribution in [3.05, 3.63) is 50.9 Å². The van der Waals surface area contributed by atoms with E-state index < -0.39 is 21.8 Å². The lowest BCUT2D eigenvalue weighted by Crippen LogP contribution is -2.50. The summed E-state index contributed by atoms with van der Waals surface area (Å²) in [4.78, 5) is 17.4. The third-order valence-corrected chi connectivity index (χ3v) is 6.59. The lowest BCUT2D eigenvalue weighted by molar-refractivity contribution is 0.196. The second-order valence-corrected chi connectivity index (χ2v) is 7.92. The molecule has 1 aromatic carbocycles. The molecule has 24 heavy (non-hydrogen) atoms. The van der Waals surface area contributed by atoms with Crippen LogP contribution >= 0.6 is 0 Å². The zero-order chi connectivity index (χ0) is 17.1. The van der Waals surface area contributed by atoms with Gasteiger partial charge in [-0.2, -0.15) is 17.5 Å². The van der Waals surface area contributed by atoms with Gasteiger partial charge in [-0.15, -0.1) is 0 Å². The van der Waals surface area contributed by atoms with Gasteiger partial charge >= 0.3 is 0 Å². The van der Waals surface area contributed by atoms with E-state index in [0.29, 0.717) is 29.3 Å². The molecule has 0 saturated heterocycles. The van der Waals surface area contributed by atoms with E-state index in [1.54, 1.807) is 31.2 Å². The van der Waals surface area contributed by atoms with Crippen LogP contribution in [0.1, 0.15) is 31.5 Å². The summed E-state index contributed by atoms with van der Waals surface area (Å²) in [5.74, 6) is 0.223. The first-order chi connectivity index (χ1) is 11.4. The summed E-state index contributed by atoms with van der Waals surface area (Å²) < 4.78 is 27.6. The van der Waals surface area contributed by atoms with E-state index in [-0.39, 0.29) is 10.7 Å². The third-order valence-electron chi connectivity index (χ3n) is 4.65. The van der Waals surface area contributed by atoms with Gasteiger partial charge < -0.3 is 5.11 Å². The smallest absolute Gasteiger partial charge is 0.281 e. The number of allylic oxidation sites excluding steroid dienone is 1. The molecule has 7 nitrogen and oxygen atoms in total. The highest BCUT2D eigenvalue weighted by atomic mass is 32.2. The molecule has 1 unspecified atom stereocenters. The molecule has 0 amide bonds. The molecule has 4 rings (SSSR count). The van der Waals surface area contributed by atoms with E-state index in [9.17, 15) is 18.3 Å². The van der Waals surface area contributed by atoms with Gasteiger partial charge in [0, 0.05) is 0 Å². The maximum atomic E-state index is 12.9. The highest BCUT2D eigenvalue weighted by Crippen LogP contribution is 2.39. The lowest BCUT2D eigenvalue weighted by atomic mass is 9.98. The number of aromatic nitrogens is 2. The number of para-hydroxylation sites is 1. The molecular formula is C16H17N3O4S. The summed E-state index contributed by atoms with van der Waals surface area (Å²) in [5, 5.41) is 10.9. The van der Waals surface area contributed by atoms with Crippen molar-refractivity contribution in [3.8, 4) is 0 Å². The van der Waals surface area contributed by atoms with E-state index >= 15 is 0 Å². The van der Waals surface area contributed by atoms with Crippen molar-refractivity contribution in [2.75, 3.05) is 4.41 Å². The highest BCUT2D eigenvalue weighted by molar-refractivity contribution is 7.96. The first-order valence-electron chi connectivity index (χ1n) is 7.86. The second kappa shape index (κ2) is 5.15.